The Hall–Kier alpha value is -2.67. The van der Waals surface area contributed by atoms with E-state index >= 15 is 0 Å². The van der Waals surface area contributed by atoms with Gasteiger partial charge in [-0.25, -0.2) is 15.0 Å². The molecule has 0 bridgehead atoms. The number of imidazole rings is 1. The molecule has 1 unspecified atom stereocenters. The Labute approximate surface area is 165 Å². The molecule has 1 N–H and O–H groups in total. The van der Waals surface area contributed by atoms with Gasteiger partial charge >= 0.3 is 0 Å². The van der Waals surface area contributed by atoms with Crippen molar-refractivity contribution in [3.05, 3.63) is 41.5 Å². The quantitative estimate of drug-likeness (QED) is 0.708. The maximum Gasteiger partial charge on any atom is 0.165 e. The number of aromatic nitrogens is 4. The summed E-state index contributed by atoms with van der Waals surface area (Å²) < 4.78 is 7.83. The second-order valence-electron chi connectivity index (χ2n) is 7.58. The summed E-state index contributed by atoms with van der Waals surface area (Å²) in [5.41, 5.74) is 4.92. The molecule has 1 atom stereocenters. The van der Waals surface area contributed by atoms with Crippen molar-refractivity contribution in [1.29, 1.82) is 0 Å². The van der Waals surface area contributed by atoms with Crippen LogP contribution in [0.2, 0.25) is 0 Å². The van der Waals surface area contributed by atoms with E-state index in [1.807, 2.05) is 24.5 Å². The first-order chi connectivity index (χ1) is 13.5. The van der Waals surface area contributed by atoms with Gasteiger partial charge in [0, 0.05) is 13.1 Å². The van der Waals surface area contributed by atoms with Crippen LogP contribution in [0.15, 0.2) is 24.8 Å². The Balaban J connectivity index is 1.48. The molecule has 0 spiro atoms. The SMILES string of the molecule is Cc1ccc(C)c(OCC(O)Cn2cnc3c(N4CCCC4)ncnc32)c1C. The van der Waals surface area contributed by atoms with E-state index in [0.29, 0.717) is 6.54 Å². The molecule has 1 aliphatic heterocycles. The van der Waals surface area contributed by atoms with Crippen molar-refractivity contribution in [2.75, 3.05) is 24.6 Å². The first-order valence-corrected chi connectivity index (χ1v) is 9.83. The fourth-order valence-electron chi connectivity index (χ4n) is 3.77. The van der Waals surface area contributed by atoms with Crippen LogP contribution in [0.3, 0.4) is 0 Å². The van der Waals surface area contributed by atoms with Crippen LogP contribution in [0.4, 0.5) is 5.82 Å². The predicted octanol–water partition coefficient (Wildman–Crippen LogP) is 2.79. The molecule has 7 heteroatoms. The number of hydrogen-bond acceptors (Lipinski definition) is 6. The molecule has 2 aromatic heterocycles. The lowest BCUT2D eigenvalue weighted by Crippen LogP contribution is -2.24. The van der Waals surface area contributed by atoms with E-state index in [-0.39, 0.29) is 6.61 Å². The van der Waals surface area contributed by atoms with E-state index < -0.39 is 6.10 Å². The first kappa shape index (κ1) is 18.7. The van der Waals surface area contributed by atoms with Crippen LogP contribution in [-0.4, -0.2) is 50.4 Å². The van der Waals surface area contributed by atoms with Crippen molar-refractivity contribution in [1.82, 2.24) is 19.5 Å². The Morgan fingerprint density at radius 2 is 1.82 bits per heavy atom. The zero-order valence-corrected chi connectivity index (χ0v) is 16.7. The minimum Gasteiger partial charge on any atom is -0.490 e. The highest BCUT2D eigenvalue weighted by molar-refractivity contribution is 5.83. The zero-order valence-electron chi connectivity index (χ0n) is 16.7. The number of aliphatic hydroxyl groups is 1. The topological polar surface area (TPSA) is 76.3 Å². The number of nitrogens with zero attached hydrogens (tertiary/aromatic N) is 5. The van der Waals surface area contributed by atoms with Gasteiger partial charge in [0.15, 0.2) is 17.0 Å². The Morgan fingerprint density at radius 1 is 1.07 bits per heavy atom. The normalized spacial score (nSPS) is 15.4. The molecule has 0 amide bonds. The minimum atomic E-state index is -0.665. The molecule has 1 aromatic carbocycles. The van der Waals surface area contributed by atoms with Crippen LogP contribution in [0.5, 0.6) is 5.75 Å². The smallest absolute Gasteiger partial charge is 0.165 e. The Bertz CT molecular complexity index is 978. The molecule has 1 saturated heterocycles. The number of fused-ring (bicyclic) bond motifs is 1. The summed E-state index contributed by atoms with van der Waals surface area (Å²) in [6, 6.07) is 4.13. The monoisotopic (exact) mass is 381 g/mol. The lowest BCUT2D eigenvalue weighted by molar-refractivity contribution is 0.0926. The van der Waals surface area contributed by atoms with Crippen molar-refractivity contribution in [2.45, 2.75) is 46.3 Å². The van der Waals surface area contributed by atoms with Gasteiger partial charge in [-0.05, 0) is 50.3 Å². The molecular formula is C21H27N5O2. The van der Waals surface area contributed by atoms with Crippen LogP contribution < -0.4 is 9.64 Å². The highest BCUT2D eigenvalue weighted by Gasteiger charge is 2.20. The standard InChI is InChI=1S/C21H27N5O2/c1-14-6-7-15(2)19(16(14)3)28-11-17(27)10-26-13-24-18-20(22-12-23-21(18)26)25-8-4-5-9-25/h6-7,12-13,17,27H,4-5,8-11H2,1-3H3. The molecule has 148 valence electrons. The van der Waals surface area contributed by atoms with Gasteiger partial charge in [0.05, 0.1) is 12.9 Å². The van der Waals surface area contributed by atoms with Gasteiger partial charge in [0.1, 0.15) is 24.8 Å². The van der Waals surface area contributed by atoms with Gasteiger partial charge in [0.2, 0.25) is 0 Å². The molecule has 4 rings (SSSR count). The van der Waals surface area contributed by atoms with Crippen LogP contribution in [-0.2, 0) is 6.54 Å². The summed E-state index contributed by atoms with van der Waals surface area (Å²) in [6.07, 6.45) is 5.00. The van der Waals surface area contributed by atoms with E-state index in [4.69, 9.17) is 4.74 Å². The second kappa shape index (κ2) is 7.75. The molecular weight excluding hydrogens is 354 g/mol. The van der Waals surface area contributed by atoms with Gasteiger partial charge in [0.25, 0.3) is 0 Å². The fourth-order valence-corrected chi connectivity index (χ4v) is 3.77. The maximum absolute atomic E-state index is 10.5. The van der Waals surface area contributed by atoms with Crippen LogP contribution in [0.25, 0.3) is 11.2 Å². The van der Waals surface area contributed by atoms with Crippen molar-refractivity contribution >= 4 is 17.0 Å². The van der Waals surface area contributed by atoms with E-state index in [1.165, 1.54) is 18.4 Å². The highest BCUT2D eigenvalue weighted by atomic mass is 16.5. The molecule has 3 heterocycles. The van der Waals surface area contributed by atoms with Gasteiger partial charge in [-0.15, -0.1) is 0 Å². The summed E-state index contributed by atoms with van der Waals surface area (Å²) in [7, 11) is 0. The van der Waals surface area contributed by atoms with Crippen LogP contribution >= 0.6 is 0 Å². The summed E-state index contributed by atoms with van der Waals surface area (Å²) in [5.74, 6) is 1.74. The molecule has 0 aliphatic carbocycles. The molecule has 0 radical (unpaired) electrons. The average Bonchev–Trinajstić information content (AvgIpc) is 3.35. The van der Waals surface area contributed by atoms with Crippen molar-refractivity contribution < 1.29 is 9.84 Å². The number of ether oxygens (including phenoxy) is 1. The maximum atomic E-state index is 10.5. The van der Waals surface area contributed by atoms with Gasteiger partial charge < -0.3 is 19.3 Å². The van der Waals surface area contributed by atoms with Crippen molar-refractivity contribution in [2.24, 2.45) is 0 Å². The molecule has 1 aliphatic rings. The van der Waals surface area contributed by atoms with Gasteiger partial charge in [-0.2, -0.15) is 0 Å². The fraction of sp³-hybridized carbons (Fsp3) is 0.476. The van der Waals surface area contributed by atoms with Gasteiger partial charge in [-0.1, -0.05) is 12.1 Å². The number of aryl methyl sites for hydroxylation is 2. The summed E-state index contributed by atoms with van der Waals surface area (Å²) >= 11 is 0. The number of benzene rings is 1. The minimum absolute atomic E-state index is 0.217. The third kappa shape index (κ3) is 3.54. The number of rotatable bonds is 6. The average molecular weight is 381 g/mol. The summed E-state index contributed by atoms with van der Waals surface area (Å²) in [4.78, 5) is 15.6. The summed E-state index contributed by atoms with van der Waals surface area (Å²) in [6.45, 7) is 8.73. The highest BCUT2D eigenvalue weighted by Crippen LogP contribution is 2.27. The van der Waals surface area contributed by atoms with E-state index in [1.54, 1.807) is 12.7 Å². The number of hydrogen-bond donors (Lipinski definition) is 1. The van der Waals surface area contributed by atoms with Gasteiger partial charge in [-0.3, -0.25) is 0 Å². The second-order valence-corrected chi connectivity index (χ2v) is 7.58. The Kier molecular flexibility index (Phi) is 5.17. The molecule has 28 heavy (non-hydrogen) atoms. The van der Waals surface area contributed by atoms with Crippen LogP contribution in [0, 0.1) is 20.8 Å². The largest absolute Gasteiger partial charge is 0.490 e. The number of aliphatic hydroxyl groups excluding tert-OH is 1. The van der Waals surface area contributed by atoms with Crippen molar-refractivity contribution in [3.63, 3.8) is 0 Å². The van der Waals surface area contributed by atoms with Crippen LogP contribution in [0.1, 0.15) is 29.5 Å². The van der Waals surface area contributed by atoms with E-state index in [0.717, 1.165) is 46.9 Å². The number of anilines is 1. The van der Waals surface area contributed by atoms with E-state index in [9.17, 15) is 5.11 Å². The third-order valence-electron chi connectivity index (χ3n) is 5.49. The molecule has 3 aromatic rings. The molecule has 0 saturated carbocycles. The Morgan fingerprint density at radius 3 is 2.61 bits per heavy atom. The van der Waals surface area contributed by atoms with Crippen molar-refractivity contribution in [3.8, 4) is 5.75 Å². The molecule has 1 fully saturated rings. The lowest BCUT2D eigenvalue weighted by Gasteiger charge is -2.18. The first-order valence-electron chi connectivity index (χ1n) is 9.83. The molecule has 7 nitrogen and oxygen atoms in total. The lowest BCUT2D eigenvalue weighted by atomic mass is 10.1. The summed E-state index contributed by atoms with van der Waals surface area (Å²) in [5, 5.41) is 10.5. The predicted molar refractivity (Wildman–Crippen MR) is 109 cm³/mol. The third-order valence-corrected chi connectivity index (χ3v) is 5.49. The zero-order chi connectivity index (χ0) is 19.7. The van der Waals surface area contributed by atoms with E-state index in [2.05, 4.69) is 32.8 Å².